The molecule has 1 heterocycles. The second-order valence-corrected chi connectivity index (χ2v) is 6.86. The van der Waals surface area contributed by atoms with E-state index in [9.17, 15) is 14.4 Å². The Morgan fingerprint density at radius 1 is 1.10 bits per heavy atom. The number of rotatable bonds is 8. The van der Waals surface area contributed by atoms with Crippen molar-refractivity contribution >= 4 is 29.3 Å². The molecular formula is C21H24ClNO7. The van der Waals surface area contributed by atoms with E-state index in [2.05, 4.69) is 4.98 Å². The van der Waals surface area contributed by atoms with Crippen LogP contribution in [-0.2, 0) is 9.47 Å². The Bertz CT molecular complexity index is 980. The molecule has 162 valence electrons. The van der Waals surface area contributed by atoms with Crippen LogP contribution in [0.15, 0.2) is 12.1 Å². The molecule has 0 bridgehead atoms. The van der Waals surface area contributed by atoms with Gasteiger partial charge in [-0.25, -0.2) is 9.59 Å². The number of aromatic amines is 1. The summed E-state index contributed by atoms with van der Waals surface area (Å²) in [6.07, 6.45) is -1.11. The Balaban J connectivity index is 2.24. The maximum atomic E-state index is 12.8. The predicted molar refractivity (Wildman–Crippen MR) is 110 cm³/mol. The van der Waals surface area contributed by atoms with E-state index in [1.165, 1.54) is 33.3 Å². The molecule has 2 rings (SSSR count). The summed E-state index contributed by atoms with van der Waals surface area (Å²) in [4.78, 5) is 40.4. The first-order chi connectivity index (χ1) is 14.2. The molecular weight excluding hydrogens is 414 g/mol. The number of aryl methyl sites for hydroxylation is 1. The van der Waals surface area contributed by atoms with E-state index in [4.69, 9.17) is 30.5 Å². The van der Waals surface area contributed by atoms with Crippen LogP contribution in [0.2, 0.25) is 5.02 Å². The summed E-state index contributed by atoms with van der Waals surface area (Å²) in [5.41, 5.74) is 1.52. The fraction of sp³-hybridized carbons (Fsp3) is 0.381. The van der Waals surface area contributed by atoms with Gasteiger partial charge in [0.25, 0.3) is 0 Å². The molecule has 2 aromatic rings. The van der Waals surface area contributed by atoms with Crippen molar-refractivity contribution < 1.29 is 33.3 Å². The van der Waals surface area contributed by atoms with Crippen molar-refractivity contribution in [1.82, 2.24) is 4.98 Å². The number of hydrogen-bond acceptors (Lipinski definition) is 7. The molecule has 0 radical (unpaired) electrons. The van der Waals surface area contributed by atoms with Crippen LogP contribution in [0.1, 0.15) is 56.3 Å². The standard InChI is InChI=1S/C21H24ClNO7/c1-7-29-21(26)16-10(2)17(23-11(16)3)18(24)12(4)30-20(25)13-8-14(22)19(28-6)15(9-13)27-5/h8-9,12,23H,7H2,1-6H3. The summed E-state index contributed by atoms with van der Waals surface area (Å²) in [6.45, 7) is 6.66. The van der Waals surface area contributed by atoms with Gasteiger partial charge >= 0.3 is 11.9 Å². The number of ether oxygens (including phenoxy) is 4. The first-order valence-corrected chi connectivity index (χ1v) is 9.56. The van der Waals surface area contributed by atoms with Gasteiger partial charge in [0.15, 0.2) is 17.6 Å². The van der Waals surface area contributed by atoms with E-state index in [0.717, 1.165) is 0 Å². The monoisotopic (exact) mass is 437 g/mol. The van der Waals surface area contributed by atoms with Gasteiger partial charge in [-0.05, 0) is 45.4 Å². The molecule has 0 amide bonds. The summed E-state index contributed by atoms with van der Waals surface area (Å²) in [6, 6.07) is 2.78. The van der Waals surface area contributed by atoms with E-state index in [0.29, 0.717) is 16.8 Å². The van der Waals surface area contributed by atoms with E-state index in [-0.39, 0.29) is 34.4 Å². The quantitative estimate of drug-likeness (QED) is 0.493. The van der Waals surface area contributed by atoms with Gasteiger partial charge in [-0.3, -0.25) is 4.79 Å². The number of methoxy groups -OCH3 is 2. The minimum absolute atomic E-state index is 0.101. The van der Waals surface area contributed by atoms with E-state index in [1.54, 1.807) is 20.8 Å². The highest BCUT2D eigenvalue weighted by atomic mass is 35.5. The average molecular weight is 438 g/mol. The molecule has 1 aromatic heterocycles. The van der Waals surface area contributed by atoms with E-state index < -0.39 is 23.8 Å². The molecule has 1 aromatic carbocycles. The number of esters is 2. The van der Waals surface area contributed by atoms with Crippen LogP contribution >= 0.6 is 11.6 Å². The van der Waals surface area contributed by atoms with Crippen LogP contribution in [0, 0.1) is 13.8 Å². The molecule has 0 aliphatic rings. The summed E-state index contributed by atoms with van der Waals surface area (Å²) in [7, 11) is 2.83. The predicted octanol–water partition coefficient (Wildman–Crippen LogP) is 3.91. The normalized spacial score (nSPS) is 11.6. The van der Waals surface area contributed by atoms with Crippen molar-refractivity contribution in [2.75, 3.05) is 20.8 Å². The second-order valence-electron chi connectivity index (χ2n) is 6.45. The first kappa shape index (κ1) is 23.3. The molecule has 1 unspecified atom stereocenters. The zero-order chi connectivity index (χ0) is 22.6. The van der Waals surface area contributed by atoms with Gasteiger partial charge in [0, 0.05) is 5.69 Å². The maximum Gasteiger partial charge on any atom is 0.340 e. The van der Waals surface area contributed by atoms with E-state index in [1.807, 2.05) is 0 Å². The van der Waals surface area contributed by atoms with Gasteiger partial charge < -0.3 is 23.9 Å². The number of halogens is 1. The van der Waals surface area contributed by atoms with Crippen molar-refractivity contribution in [2.45, 2.75) is 33.8 Å². The van der Waals surface area contributed by atoms with Gasteiger partial charge in [-0.2, -0.15) is 0 Å². The zero-order valence-electron chi connectivity index (χ0n) is 17.7. The highest BCUT2D eigenvalue weighted by molar-refractivity contribution is 6.32. The van der Waals surface area contributed by atoms with Crippen LogP contribution in [0.25, 0.3) is 0 Å². The van der Waals surface area contributed by atoms with Crippen LogP contribution in [0.4, 0.5) is 0 Å². The minimum Gasteiger partial charge on any atom is -0.493 e. The Labute approximate surface area is 179 Å². The number of hydrogen-bond donors (Lipinski definition) is 1. The molecule has 9 heteroatoms. The third kappa shape index (κ3) is 4.59. The number of carbonyl (C=O) groups excluding carboxylic acids is 3. The van der Waals surface area contributed by atoms with Gasteiger partial charge in [-0.15, -0.1) is 0 Å². The number of ketones is 1. The zero-order valence-corrected chi connectivity index (χ0v) is 18.4. The fourth-order valence-electron chi connectivity index (χ4n) is 3.03. The second kappa shape index (κ2) is 9.67. The molecule has 1 atom stereocenters. The van der Waals surface area contributed by atoms with Crippen molar-refractivity contribution in [2.24, 2.45) is 0 Å². The largest absolute Gasteiger partial charge is 0.493 e. The third-order valence-electron chi connectivity index (χ3n) is 4.49. The summed E-state index contributed by atoms with van der Waals surface area (Å²) >= 11 is 6.12. The van der Waals surface area contributed by atoms with Crippen LogP contribution in [0.5, 0.6) is 11.5 Å². The highest BCUT2D eigenvalue weighted by Crippen LogP contribution is 2.36. The molecule has 0 aliphatic heterocycles. The summed E-state index contributed by atoms with van der Waals surface area (Å²) in [5, 5.41) is 0.165. The number of aromatic nitrogens is 1. The Morgan fingerprint density at radius 2 is 1.77 bits per heavy atom. The number of benzene rings is 1. The highest BCUT2D eigenvalue weighted by Gasteiger charge is 2.28. The first-order valence-electron chi connectivity index (χ1n) is 9.19. The Kier molecular flexibility index (Phi) is 7.50. The number of Topliss-reactive ketones (excluding diaryl/α,β-unsaturated/α-hetero) is 1. The maximum absolute atomic E-state index is 12.8. The van der Waals surface area contributed by atoms with Gasteiger partial charge in [-0.1, -0.05) is 11.6 Å². The lowest BCUT2D eigenvalue weighted by atomic mass is 10.1. The topological polar surface area (TPSA) is 104 Å². The average Bonchev–Trinajstić information content (AvgIpc) is 3.00. The van der Waals surface area contributed by atoms with Gasteiger partial charge in [0.05, 0.1) is 42.7 Å². The molecule has 0 saturated carbocycles. The van der Waals surface area contributed by atoms with Crippen molar-refractivity contribution in [3.63, 3.8) is 0 Å². The molecule has 0 spiro atoms. The lowest BCUT2D eigenvalue weighted by Gasteiger charge is -2.14. The molecule has 30 heavy (non-hydrogen) atoms. The third-order valence-corrected chi connectivity index (χ3v) is 4.77. The number of nitrogens with one attached hydrogen (secondary N) is 1. The Morgan fingerprint density at radius 3 is 2.33 bits per heavy atom. The molecule has 8 nitrogen and oxygen atoms in total. The van der Waals surface area contributed by atoms with E-state index >= 15 is 0 Å². The Hall–Kier alpha value is -3.00. The van der Waals surface area contributed by atoms with Crippen molar-refractivity contribution in [1.29, 1.82) is 0 Å². The lowest BCUT2D eigenvalue weighted by Crippen LogP contribution is -2.25. The number of carbonyl (C=O) groups is 3. The van der Waals surface area contributed by atoms with Crippen LogP contribution < -0.4 is 9.47 Å². The summed E-state index contributed by atoms with van der Waals surface area (Å²) < 4.78 is 20.6. The number of H-pyrrole nitrogens is 1. The van der Waals surface area contributed by atoms with Gasteiger partial charge in [0.1, 0.15) is 0 Å². The molecule has 0 saturated heterocycles. The SMILES string of the molecule is CCOC(=O)c1c(C)[nH]c(C(=O)C(C)OC(=O)c2cc(Cl)c(OC)c(OC)c2)c1C. The molecule has 0 aliphatic carbocycles. The van der Waals surface area contributed by atoms with Crippen molar-refractivity contribution in [3.8, 4) is 11.5 Å². The van der Waals surface area contributed by atoms with Crippen LogP contribution in [-0.4, -0.2) is 49.6 Å². The van der Waals surface area contributed by atoms with Crippen molar-refractivity contribution in [3.05, 3.63) is 45.2 Å². The molecule has 0 fully saturated rings. The smallest absolute Gasteiger partial charge is 0.340 e. The van der Waals surface area contributed by atoms with Gasteiger partial charge in [0.2, 0.25) is 5.78 Å². The van der Waals surface area contributed by atoms with Crippen LogP contribution in [0.3, 0.4) is 0 Å². The molecule has 1 N–H and O–H groups in total. The lowest BCUT2D eigenvalue weighted by molar-refractivity contribution is 0.0316. The fourth-order valence-corrected chi connectivity index (χ4v) is 3.31. The summed E-state index contributed by atoms with van der Waals surface area (Å²) in [5.74, 6) is -1.22. The minimum atomic E-state index is -1.11.